The zero-order valence-corrected chi connectivity index (χ0v) is 34.1. The third-order valence-electron chi connectivity index (χ3n) is 12.5. The monoisotopic (exact) mass is 797 g/mol. The molecule has 1 aliphatic carbocycles. The second-order valence-corrected chi connectivity index (χ2v) is 17.1. The fourth-order valence-corrected chi connectivity index (χ4v) is 10.7. The van der Waals surface area contributed by atoms with Crippen LogP contribution >= 0.6 is 11.3 Å². The van der Waals surface area contributed by atoms with E-state index in [0.29, 0.717) is 0 Å². The lowest BCUT2D eigenvalue weighted by atomic mass is 9.79. The van der Waals surface area contributed by atoms with Gasteiger partial charge in [-0.15, -0.1) is 11.3 Å². The van der Waals surface area contributed by atoms with Crippen LogP contribution in [0.4, 0.5) is 0 Å². The topological polar surface area (TPSA) is 36.8 Å². The van der Waals surface area contributed by atoms with Crippen molar-refractivity contribution in [2.24, 2.45) is 9.98 Å². The van der Waals surface area contributed by atoms with Gasteiger partial charge in [-0.1, -0.05) is 188 Å². The molecule has 2 atom stereocenters. The predicted octanol–water partition coefficient (Wildman–Crippen LogP) is 14.8. The number of thiophene rings is 1. The zero-order chi connectivity index (χ0) is 40.3. The van der Waals surface area contributed by atoms with Gasteiger partial charge in [0.1, 0.15) is 11.7 Å². The molecule has 10 aromatic rings. The molecule has 2 unspecified atom stereocenters. The van der Waals surface area contributed by atoms with Gasteiger partial charge in [-0.2, -0.15) is 0 Å². The molecule has 0 radical (unpaired) electrons. The highest BCUT2D eigenvalue weighted by atomic mass is 32.1. The Hall–Kier alpha value is -7.40. The predicted molar refractivity (Wildman–Crippen MR) is 260 cm³/mol. The van der Waals surface area contributed by atoms with Crippen LogP contribution in [0, 0.1) is 0 Å². The van der Waals surface area contributed by atoms with Gasteiger partial charge in [-0.05, 0) is 90.3 Å². The summed E-state index contributed by atoms with van der Waals surface area (Å²) in [6.45, 7) is 0. The van der Waals surface area contributed by atoms with Crippen molar-refractivity contribution in [2.75, 3.05) is 0 Å². The molecule has 4 heteroatoms. The summed E-state index contributed by atoms with van der Waals surface area (Å²) in [6.07, 6.45) is 7.52. The van der Waals surface area contributed by atoms with Crippen molar-refractivity contribution in [3.05, 3.63) is 234 Å². The van der Waals surface area contributed by atoms with E-state index in [4.69, 9.17) is 9.98 Å². The number of hydrogen-bond acceptors (Lipinski definition) is 4. The first kappa shape index (κ1) is 35.5. The molecule has 1 N–H and O–H groups in total. The molecule has 0 fully saturated rings. The lowest BCUT2D eigenvalue weighted by Crippen LogP contribution is -2.35. The first-order valence-electron chi connectivity index (χ1n) is 21.0. The van der Waals surface area contributed by atoms with Gasteiger partial charge >= 0.3 is 0 Å². The van der Waals surface area contributed by atoms with E-state index in [1.165, 1.54) is 80.3 Å². The lowest BCUT2D eigenvalue weighted by Gasteiger charge is -2.25. The summed E-state index contributed by atoms with van der Waals surface area (Å²) in [4.78, 5) is 10.2. The van der Waals surface area contributed by atoms with E-state index in [0.717, 1.165) is 34.8 Å². The van der Waals surface area contributed by atoms with Crippen molar-refractivity contribution in [1.29, 1.82) is 0 Å². The molecule has 61 heavy (non-hydrogen) atoms. The van der Waals surface area contributed by atoms with Crippen molar-refractivity contribution in [3.63, 3.8) is 0 Å². The van der Waals surface area contributed by atoms with Crippen LogP contribution in [0.25, 0.3) is 69.2 Å². The van der Waals surface area contributed by atoms with E-state index in [-0.39, 0.29) is 12.1 Å². The second-order valence-electron chi connectivity index (χ2n) is 16.0. The molecular weight excluding hydrogens is 759 g/mol. The van der Waals surface area contributed by atoms with Gasteiger partial charge in [0.2, 0.25) is 0 Å². The van der Waals surface area contributed by atoms with E-state index < -0.39 is 0 Å². The number of hydrogen-bond donors (Lipinski definition) is 1. The number of fused-ring (bicyclic) bond motifs is 9. The van der Waals surface area contributed by atoms with Gasteiger partial charge in [0.15, 0.2) is 6.17 Å². The molecular formula is C57H39N3S. The summed E-state index contributed by atoms with van der Waals surface area (Å²) in [5, 5.41) is 13.9. The average Bonchev–Trinajstić information content (AvgIpc) is 3.71. The number of aliphatic imine (C=N–C) groups is 2. The summed E-state index contributed by atoms with van der Waals surface area (Å²) < 4.78 is 2.54. The summed E-state index contributed by atoms with van der Waals surface area (Å²) in [7, 11) is 0. The molecule has 12 rings (SSSR count). The Morgan fingerprint density at radius 2 is 0.984 bits per heavy atom. The minimum absolute atomic E-state index is 0.230. The Morgan fingerprint density at radius 3 is 1.72 bits per heavy atom. The molecule has 0 saturated carbocycles. The van der Waals surface area contributed by atoms with Crippen LogP contribution in [-0.2, 0) is 0 Å². The van der Waals surface area contributed by atoms with Crippen LogP contribution in [0.1, 0.15) is 46.3 Å². The number of nitrogens with one attached hydrogen (secondary N) is 1. The SMILES string of the molecule is C1=CCC(c2ccc3c(c2)sc2cc(C4=NC(c5ccccc5)N=C(c5ccccc5)N4)ccc23)C(c2ccccc2-c2ccc3c4ccccc4c4ccccc4c3c2)=C1. The van der Waals surface area contributed by atoms with E-state index in [9.17, 15) is 0 Å². The van der Waals surface area contributed by atoms with Crippen LogP contribution < -0.4 is 5.32 Å². The van der Waals surface area contributed by atoms with Crippen LogP contribution in [-0.4, -0.2) is 11.7 Å². The Balaban J connectivity index is 0.907. The van der Waals surface area contributed by atoms with Crippen LogP contribution in [0.5, 0.6) is 0 Å². The summed E-state index contributed by atoms with van der Waals surface area (Å²) in [5.74, 6) is 1.89. The highest BCUT2D eigenvalue weighted by Crippen LogP contribution is 2.45. The van der Waals surface area contributed by atoms with Gasteiger partial charge in [-0.25, -0.2) is 9.98 Å². The number of allylic oxidation sites excluding steroid dienone is 4. The first-order chi connectivity index (χ1) is 30.2. The summed E-state index contributed by atoms with van der Waals surface area (Å²) in [5.41, 5.74) is 9.65. The lowest BCUT2D eigenvalue weighted by molar-refractivity contribution is 0.756. The van der Waals surface area contributed by atoms with Crippen molar-refractivity contribution >= 4 is 81.1 Å². The Morgan fingerprint density at radius 1 is 0.426 bits per heavy atom. The van der Waals surface area contributed by atoms with Crippen LogP contribution in [0.3, 0.4) is 0 Å². The zero-order valence-electron chi connectivity index (χ0n) is 33.3. The molecule has 9 aromatic carbocycles. The van der Waals surface area contributed by atoms with Crippen LogP contribution in [0.2, 0.25) is 0 Å². The second kappa shape index (κ2) is 14.7. The summed E-state index contributed by atoms with van der Waals surface area (Å²) in [6, 6.07) is 68.3. The van der Waals surface area contributed by atoms with Gasteiger partial charge in [0.05, 0.1) is 0 Å². The number of nitrogens with zero attached hydrogens (tertiary/aromatic N) is 2. The normalized spacial score (nSPS) is 16.5. The van der Waals surface area contributed by atoms with Crippen LogP contribution in [0.15, 0.2) is 216 Å². The largest absolute Gasteiger partial charge is 0.324 e. The van der Waals surface area contributed by atoms with E-state index in [2.05, 4.69) is 199 Å². The highest BCUT2D eigenvalue weighted by Gasteiger charge is 2.24. The Labute approximate surface area is 358 Å². The smallest absolute Gasteiger partial charge is 0.169 e. The molecule has 0 saturated heterocycles. The minimum atomic E-state index is -0.327. The van der Waals surface area contributed by atoms with Gasteiger partial charge in [0.25, 0.3) is 0 Å². The number of amidine groups is 2. The van der Waals surface area contributed by atoms with Crippen molar-refractivity contribution in [3.8, 4) is 11.1 Å². The Bertz CT molecular complexity index is 3450. The molecule has 0 amide bonds. The molecule has 2 aliphatic rings. The molecule has 288 valence electrons. The molecule has 3 nitrogen and oxygen atoms in total. The first-order valence-corrected chi connectivity index (χ1v) is 21.8. The minimum Gasteiger partial charge on any atom is -0.324 e. The third-order valence-corrected chi connectivity index (χ3v) is 13.6. The van der Waals surface area contributed by atoms with Gasteiger partial charge < -0.3 is 5.32 Å². The maximum atomic E-state index is 5.15. The van der Waals surface area contributed by atoms with Gasteiger partial charge in [0, 0.05) is 37.2 Å². The molecule has 1 aliphatic heterocycles. The number of benzene rings is 9. The summed E-state index contributed by atoms with van der Waals surface area (Å²) >= 11 is 1.86. The average molecular weight is 798 g/mol. The fraction of sp³-hybridized carbons (Fsp3) is 0.0526. The van der Waals surface area contributed by atoms with Crippen molar-refractivity contribution in [2.45, 2.75) is 18.5 Å². The highest BCUT2D eigenvalue weighted by molar-refractivity contribution is 7.25. The molecule has 0 spiro atoms. The molecule has 0 bridgehead atoms. The van der Waals surface area contributed by atoms with Crippen molar-refractivity contribution in [1.82, 2.24) is 5.32 Å². The van der Waals surface area contributed by atoms with E-state index >= 15 is 0 Å². The fourth-order valence-electron chi connectivity index (χ4n) is 9.56. The third kappa shape index (κ3) is 6.18. The van der Waals surface area contributed by atoms with E-state index in [1.807, 2.05) is 23.5 Å². The molecule has 2 heterocycles. The maximum Gasteiger partial charge on any atom is 0.169 e. The number of rotatable bonds is 6. The van der Waals surface area contributed by atoms with Gasteiger partial charge in [-0.3, -0.25) is 0 Å². The Kier molecular flexibility index (Phi) is 8.56. The standard InChI is InChI=1S/C57H39N3S/c1-3-15-36(16-4-1)55-58-56(37-17-5-2-6-18-37)60-57(59-55)40-29-32-51-50-31-28-39(34-53(50)61-54(51)35-40)42-20-8-10-22-44(42)43-21-9-7-19-41(43)38-27-30-49-47-25-12-11-23-45(47)46-24-13-14-26-48(46)52(49)33-38/h1-19,21-35,42,55H,20H2,(H,58,59,60). The van der Waals surface area contributed by atoms with Crippen molar-refractivity contribution < 1.29 is 0 Å². The maximum absolute atomic E-state index is 5.15. The van der Waals surface area contributed by atoms with E-state index in [1.54, 1.807) is 0 Å². The molecule has 1 aromatic heterocycles. The quantitative estimate of drug-likeness (QED) is 0.167.